The summed E-state index contributed by atoms with van der Waals surface area (Å²) in [7, 11) is 0. The van der Waals surface area contributed by atoms with Crippen molar-refractivity contribution in [3.05, 3.63) is 59.9 Å². The third-order valence-electron chi connectivity index (χ3n) is 4.16. The molecule has 0 bridgehead atoms. The van der Waals surface area contributed by atoms with Crippen LogP contribution in [0.15, 0.2) is 48.8 Å². The monoisotopic (exact) mass is 283 g/mol. The average molecular weight is 283 g/mol. The van der Waals surface area contributed by atoms with E-state index in [-0.39, 0.29) is 0 Å². The fraction of sp³-hybridized carbons (Fsp3) is 0.294. The Hall–Kier alpha value is -2.36. The highest BCUT2D eigenvalue weighted by molar-refractivity contribution is 5.83. The molecule has 1 aliphatic rings. The first-order chi connectivity index (χ1) is 10.2. The van der Waals surface area contributed by atoms with Gasteiger partial charge in [0.15, 0.2) is 0 Å². The summed E-state index contributed by atoms with van der Waals surface area (Å²) in [5, 5.41) is 9.84. The molecule has 1 atom stereocenters. The number of aryl methyl sites for hydroxylation is 1. The van der Waals surface area contributed by atoms with Crippen molar-refractivity contribution in [1.82, 2.24) is 4.98 Å². The molecule has 3 rings (SSSR count). The van der Waals surface area contributed by atoms with Crippen LogP contribution < -0.4 is 4.74 Å². The maximum Gasteiger partial charge on any atom is 0.314 e. The van der Waals surface area contributed by atoms with Gasteiger partial charge >= 0.3 is 5.97 Å². The summed E-state index contributed by atoms with van der Waals surface area (Å²) in [5.41, 5.74) is 0.972. The Bertz CT molecular complexity index is 641. The van der Waals surface area contributed by atoms with E-state index >= 15 is 0 Å². The van der Waals surface area contributed by atoms with Gasteiger partial charge in [0.25, 0.3) is 0 Å². The van der Waals surface area contributed by atoms with E-state index in [0.717, 1.165) is 11.1 Å². The van der Waals surface area contributed by atoms with Crippen molar-refractivity contribution in [3.8, 4) is 5.75 Å². The van der Waals surface area contributed by atoms with Gasteiger partial charge < -0.3 is 9.84 Å². The molecular weight excluding hydrogens is 266 g/mol. The lowest BCUT2D eigenvalue weighted by molar-refractivity contribution is -0.145. The standard InChI is InChI=1S/C17H17NO3/c19-16(20)17(8-7-13-4-3-10-18-12-13)9-11-21-15-6-2-1-5-14(15)17/h1-6,10,12H,7-9,11H2,(H,19,20). The number of carboxylic acid groups (broad SMARTS) is 1. The van der Waals surface area contributed by atoms with Crippen LogP contribution in [-0.2, 0) is 16.6 Å². The van der Waals surface area contributed by atoms with E-state index in [0.29, 0.717) is 31.6 Å². The van der Waals surface area contributed by atoms with E-state index in [2.05, 4.69) is 4.98 Å². The van der Waals surface area contributed by atoms with E-state index < -0.39 is 11.4 Å². The maximum absolute atomic E-state index is 12.0. The lowest BCUT2D eigenvalue weighted by Crippen LogP contribution is -2.41. The van der Waals surface area contributed by atoms with Crippen molar-refractivity contribution in [1.29, 1.82) is 0 Å². The first-order valence-electron chi connectivity index (χ1n) is 7.07. The number of carboxylic acids is 1. The van der Waals surface area contributed by atoms with Gasteiger partial charge in [-0.3, -0.25) is 9.78 Å². The number of hydrogen-bond acceptors (Lipinski definition) is 3. The molecule has 0 spiro atoms. The van der Waals surface area contributed by atoms with Crippen LogP contribution in [0.5, 0.6) is 5.75 Å². The number of pyridine rings is 1. The molecule has 2 heterocycles. The lowest BCUT2D eigenvalue weighted by Gasteiger charge is -2.35. The topological polar surface area (TPSA) is 59.4 Å². The summed E-state index contributed by atoms with van der Waals surface area (Å²) < 4.78 is 5.61. The predicted molar refractivity (Wildman–Crippen MR) is 78.4 cm³/mol. The third-order valence-corrected chi connectivity index (χ3v) is 4.16. The molecule has 108 valence electrons. The van der Waals surface area contributed by atoms with Crippen LogP contribution in [0.4, 0.5) is 0 Å². The first kappa shape index (κ1) is 13.6. The quantitative estimate of drug-likeness (QED) is 0.937. The third kappa shape index (κ3) is 2.49. The number of aromatic nitrogens is 1. The van der Waals surface area contributed by atoms with Crippen molar-refractivity contribution >= 4 is 5.97 Å². The molecule has 0 amide bonds. The molecule has 1 aromatic carbocycles. The van der Waals surface area contributed by atoms with Gasteiger partial charge in [-0.1, -0.05) is 24.3 Å². The van der Waals surface area contributed by atoms with E-state index in [4.69, 9.17) is 4.74 Å². The largest absolute Gasteiger partial charge is 0.493 e. The highest BCUT2D eigenvalue weighted by atomic mass is 16.5. The number of hydrogen-bond donors (Lipinski definition) is 1. The lowest BCUT2D eigenvalue weighted by atomic mass is 9.72. The van der Waals surface area contributed by atoms with Gasteiger partial charge in [0, 0.05) is 24.4 Å². The van der Waals surface area contributed by atoms with Crippen LogP contribution in [0.2, 0.25) is 0 Å². The van der Waals surface area contributed by atoms with E-state index in [1.807, 2.05) is 36.4 Å². The molecule has 1 N–H and O–H groups in total. The Labute approximate surface area is 123 Å². The van der Waals surface area contributed by atoms with Gasteiger partial charge in [-0.15, -0.1) is 0 Å². The Morgan fingerprint density at radius 2 is 2.14 bits per heavy atom. The Morgan fingerprint density at radius 3 is 2.90 bits per heavy atom. The summed E-state index contributed by atoms with van der Waals surface area (Å²) in [5.74, 6) is -0.0838. The van der Waals surface area contributed by atoms with Crippen molar-refractivity contribution in [2.75, 3.05) is 6.61 Å². The zero-order valence-electron chi connectivity index (χ0n) is 11.7. The predicted octanol–water partition coefficient (Wildman–Crippen LogP) is 2.82. The number of ether oxygens (including phenoxy) is 1. The minimum atomic E-state index is -0.870. The minimum Gasteiger partial charge on any atom is -0.493 e. The molecule has 0 radical (unpaired) electrons. The highest BCUT2D eigenvalue weighted by Crippen LogP contribution is 2.42. The molecule has 0 saturated heterocycles. The summed E-state index contributed by atoms with van der Waals surface area (Å²) in [6.07, 6.45) is 5.25. The summed E-state index contributed by atoms with van der Waals surface area (Å²) in [4.78, 5) is 16.1. The zero-order chi connectivity index (χ0) is 14.7. The molecule has 21 heavy (non-hydrogen) atoms. The smallest absolute Gasteiger partial charge is 0.314 e. The summed E-state index contributed by atoms with van der Waals surface area (Å²) >= 11 is 0. The van der Waals surface area contributed by atoms with Gasteiger partial charge in [0.2, 0.25) is 0 Å². The van der Waals surface area contributed by atoms with Crippen molar-refractivity contribution in [3.63, 3.8) is 0 Å². The molecule has 1 aromatic heterocycles. The van der Waals surface area contributed by atoms with Crippen LogP contribution in [-0.4, -0.2) is 22.7 Å². The number of carbonyl (C=O) groups is 1. The number of rotatable bonds is 4. The first-order valence-corrected chi connectivity index (χ1v) is 7.07. The SMILES string of the molecule is O=C(O)C1(CCc2cccnc2)CCOc2ccccc21. The van der Waals surface area contributed by atoms with Crippen LogP contribution in [0.1, 0.15) is 24.0 Å². The number of fused-ring (bicyclic) bond motifs is 1. The number of nitrogens with zero attached hydrogens (tertiary/aromatic N) is 1. The van der Waals surface area contributed by atoms with Crippen molar-refractivity contribution in [2.24, 2.45) is 0 Å². The molecule has 1 unspecified atom stereocenters. The second-order valence-corrected chi connectivity index (χ2v) is 5.34. The second kappa shape index (κ2) is 5.56. The van der Waals surface area contributed by atoms with Gasteiger partial charge in [0.05, 0.1) is 12.0 Å². The van der Waals surface area contributed by atoms with Gasteiger partial charge in [-0.25, -0.2) is 0 Å². The van der Waals surface area contributed by atoms with Crippen LogP contribution in [0.25, 0.3) is 0 Å². The minimum absolute atomic E-state index is 0.441. The van der Waals surface area contributed by atoms with Crippen molar-refractivity contribution < 1.29 is 14.6 Å². The molecular formula is C17H17NO3. The number of aliphatic carboxylic acids is 1. The van der Waals surface area contributed by atoms with Crippen LogP contribution in [0.3, 0.4) is 0 Å². The second-order valence-electron chi connectivity index (χ2n) is 5.34. The number of para-hydroxylation sites is 1. The fourth-order valence-electron chi connectivity index (χ4n) is 2.95. The summed E-state index contributed by atoms with van der Waals surface area (Å²) in [6, 6.07) is 11.3. The molecule has 0 saturated carbocycles. The summed E-state index contributed by atoms with van der Waals surface area (Å²) in [6.45, 7) is 0.441. The molecule has 1 aliphatic heterocycles. The molecule has 2 aromatic rings. The Kier molecular flexibility index (Phi) is 3.60. The van der Waals surface area contributed by atoms with Gasteiger partial charge in [-0.2, -0.15) is 0 Å². The Balaban J connectivity index is 1.93. The molecule has 4 nitrogen and oxygen atoms in total. The van der Waals surface area contributed by atoms with Crippen molar-refractivity contribution in [2.45, 2.75) is 24.7 Å². The molecule has 4 heteroatoms. The molecule has 0 aliphatic carbocycles. The Morgan fingerprint density at radius 1 is 1.29 bits per heavy atom. The maximum atomic E-state index is 12.0. The van der Waals surface area contributed by atoms with E-state index in [9.17, 15) is 9.90 Å². The highest BCUT2D eigenvalue weighted by Gasteiger charge is 2.44. The molecule has 0 fully saturated rings. The van der Waals surface area contributed by atoms with E-state index in [1.165, 1.54) is 0 Å². The number of benzene rings is 1. The average Bonchev–Trinajstić information content (AvgIpc) is 2.53. The zero-order valence-corrected chi connectivity index (χ0v) is 11.7. The van der Waals surface area contributed by atoms with Crippen LogP contribution >= 0.6 is 0 Å². The van der Waals surface area contributed by atoms with Gasteiger partial charge in [-0.05, 0) is 30.5 Å². The van der Waals surface area contributed by atoms with Crippen LogP contribution in [0, 0.1) is 0 Å². The normalized spacial score (nSPS) is 20.4. The fourth-order valence-corrected chi connectivity index (χ4v) is 2.95. The van der Waals surface area contributed by atoms with Gasteiger partial charge in [0.1, 0.15) is 5.75 Å². The van der Waals surface area contributed by atoms with E-state index in [1.54, 1.807) is 12.4 Å².